The minimum Gasteiger partial charge on any atom is -0.462 e. The van der Waals surface area contributed by atoms with Crippen LogP contribution in [0.3, 0.4) is 0 Å². The number of nitrogens with two attached hydrogens (primary N) is 1. The number of rotatable bonds is 7. The van der Waals surface area contributed by atoms with Crippen molar-refractivity contribution in [1.29, 1.82) is 0 Å². The van der Waals surface area contributed by atoms with E-state index in [9.17, 15) is 25.2 Å². The Morgan fingerprint density at radius 3 is 2.29 bits per heavy atom. The minimum absolute atomic E-state index is 0.224. The zero-order valence-electron chi connectivity index (χ0n) is 17.6. The molecule has 5 atom stereocenters. The average Bonchev–Trinajstić information content (AvgIpc) is 2.76. The Bertz CT molecular complexity index is 913. The van der Waals surface area contributed by atoms with Crippen LogP contribution in [0.4, 0.5) is 0 Å². The summed E-state index contributed by atoms with van der Waals surface area (Å²) >= 11 is 0. The number of aliphatic hydroxyl groups excluding tert-OH is 4. The van der Waals surface area contributed by atoms with Gasteiger partial charge in [0.05, 0.1) is 6.61 Å². The van der Waals surface area contributed by atoms with Crippen LogP contribution in [0.1, 0.15) is 39.5 Å². The summed E-state index contributed by atoms with van der Waals surface area (Å²) in [5, 5.41) is 39.8. The number of benzene rings is 2. The van der Waals surface area contributed by atoms with Crippen LogP contribution >= 0.6 is 0 Å². The second kappa shape index (κ2) is 9.76. The predicted molar refractivity (Wildman–Crippen MR) is 113 cm³/mol. The van der Waals surface area contributed by atoms with E-state index in [2.05, 4.69) is 6.92 Å². The molecule has 1 heterocycles. The molecule has 0 bridgehead atoms. The number of primary amides is 1. The van der Waals surface area contributed by atoms with E-state index in [0.29, 0.717) is 6.42 Å². The molecule has 1 aliphatic heterocycles. The minimum atomic E-state index is -1.57. The van der Waals surface area contributed by atoms with E-state index in [1.54, 1.807) is 6.07 Å². The van der Waals surface area contributed by atoms with Crippen molar-refractivity contribution in [2.75, 3.05) is 6.61 Å². The van der Waals surface area contributed by atoms with Gasteiger partial charge in [-0.05, 0) is 42.2 Å². The first-order valence-corrected chi connectivity index (χ1v) is 10.2. The van der Waals surface area contributed by atoms with Crippen LogP contribution in [0.2, 0.25) is 0 Å². The highest BCUT2D eigenvalue weighted by atomic mass is 16.7. The van der Waals surface area contributed by atoms with Crippen LogP contribution in [0.25, 0.3) is 0 Å². The molecule has 0 aromatic heterocycles. The third kappa shape index (κ3) is 5.06. The topological polar surface area (TPSA) is 142 Å². The summed E-state index contributed by atoms with van der Waals surface area (Å²) in [5.41, 5.74) is 9.42. The molecule has 6 N–H and O–H groups in total. The summed E-state index contributed by atoms with van der Waals surface area (Å²) in [7, 11) is 0. The highest BCUT2D eigenvalue weighted by Crippen LogP contribution is 2.31. The molecule has 2 aromatic rings. The third-order valence-corrected chi connectivity index (χ3v) is 5.62. The van der Waals surface area contributed by atoms with Gasteiger partial charge >= 0.3 is 0 Å². The van der Waals surface area contributed by atoms with Crippen molar-refractivity contribution in [2.24, 2.45) is 5.73 Å². The van der Waals surface area contributed by atoms with Crippen LogP contribution in [-0.4, -0.2) is 63.6 Å². The Morgan fingerprint density at radius 2 is 1.71 bits per heavy atom. The number of aliphatic hydroxyl groups is 4. The van der Waals surface area contributed by atoms with Gasteiger partial charge in [0.2, 0.25) is 12.2 Å². The normalized spacial score (nSPS) is 25.9. The van der Waals surface area contributed by atoms with E-state index in [1.807, 2.05) is 31.2 Å². The molecule has 2 aromatic carbocycles. The van der Waals surface area contributed by atoms with E-state index < -0.39 is 43.2 Å². The van der Waals surface area contributed by atoms with Gasteiger partial charge in [-0.1, -0.05) is 31.2 Å². The molecule has 8 nitrogen and oxygen atoms in total. The van der Waals surface area contributed by atoms with Gasteiger partial charge in [-0.15, -0.1) is 0 Å². The summed E-state index contributed by atoms with van der Waals surface area (Å²) in [6.07, 6.45) is -5.67. The predicted octanol–water partition coefficient (Wildman–Crippen LogP) is 0.426. The van der Waals surface area contributed by atoms with Gasteiger partial charge in [-0.3, -0.25) is 4.79 Å². The molecule has 1 aliphatic rings. The van der Waals surface area contributed by atoms with Crippen molar-refractivity contribution < 1.29 is 34.7 Å². The van der Waals surface area contributed by atoms with Gasteiger partial charge in [0, 0.05) is 17.5 Å². The molecule has 1 saturated heterocycles. The summed E-state index contributed by atoms with van der Waals surface area (Å²) in [4.78, 5) is 11.8. The monoisotopic (exact) mass is 431 g/mol. The Labute approximate surface area is 180 Å². The van der Waals surface area contributed by atoms with Crippen molar-refractivity contribution in [2.45, 2.75) is 57.4 Å². The van der Waals surface area contributed by atoms with Crippen molar-refractivity contribution in [3.8, 4) is 5.75 Å². The maximum atomic E-state index is 11.8. The maximum Gasteiger partial charge on any atom is 0.248 e. The van der Waals surface area contributed by atoms with Crippen molar-refractivity contribution >= 4 is 5.91 Å². The Kier molecular flexibility index (Phi) is 7.30. The van der Waals surface area contributed by atoms with Gasteiger partial charge in [0.15, 0.2) is 0 Å². The number of ether oxygens (including phenoxy) is 2. The summed E-state index contributed by atoms with van der Waals surface area (Å²) in [6, 6.07) is 11.2. The molecule has 0 spiro atoms. The first kappa shape index (κ1) is 23.2. The van der Waals surface area contributed by atoms with E-state index >= 15 is 0 Å². The van der Waals surface area contributed by atoms with Gasteiger partial charge in [0.25, 0.3) is 0 Å². The molecule has 8 heteroatoms. The molecule has 0 radical (unpaired) electrons. The van der Waals surface area contributed by atoms with Crippen LogP contribution in [0, 0.1) is 6.92 Å². The van der Waals surface area contributed by atoms with Crippen molar-refractivity contribution in [3.63, 3.8) is 0 Å². The van der Waals surface area contributed by atoms with Crippen LogP contribution in [0.5, 0.6) is 5.75 Å². The molecular weight excluding hydrogens is 402 g/mol. The third-order valence-electron chi connectivity index (χ3n) is 5.62. The molecule has 0 aliphatic carbocycles. The lowest BCUT2D eigenvalue weighted by Gasteiger charge is -2.39. The molecule has 0 saturated carbocycles. The molecule has 1 amide bonds. The maximum absolute atomic E-state index is 11.8. The second-order valence-electron chi connectivity index (χ2n) is 7.80. The molecule has 3 rings (SSSR count). The lowest BCUT2D eigenvalue weighted by molar-refractivity contribution is -0.277. The van der Waals surface area contributed by atoms with Gasteiger partial charge in [-0.25, -0.2) is 0 Å². The van der Waals surface area contributed by atoms with Gasteiger partial charge in [0.1, 0.15) is 30.2 Å². The SMILES string of the molecule is CCc1ccc(Cc2c(C)cc(C(N)=O)cc2O[C@@H]2O[C@H](CO)[C@@H](O)[C@H](O)[C@H]2O)cc1. The van der Waals surface area contributed by atoms with Gasteiger partial charge < -0.3 is 35.6 Å². The molecule has 31 heavy (non-hydrogen) atoms. The molecule has 168 valence electrons. The standard InChI is InChI=1S/C23H29NO7/c1-3-13-4-6-14(7-5-13)9-16-12(2)8-15(22(24)29)10-17(16)30-23-21(28)20(27)19(26)18(11-25)31-23/h4-8,10,18-21,23,25-28H,3,9,11H2,1-2H3,(H2,24,29)/t18-,19-,20+,21-,23-/m1/s1. The molecular formula is C23H29NO7. The van der Waals surface area contributed by atoms with E-state index in [1.165, 1.54) is 11.6 Å². The number of hydrogen-bond acceptors (Lipinski definition) is 7. The largest absolute Gasteiger partial charge is 0.462 e. The number of amides is 1. The smallest absolute Gasteiger partial charge is 0.248 e. The number of carbonyl (C=O) groups excluding carboxylic acids is 1. The van der Waals surface area contributed by atoms with Crippen LogP contribution < -0.4 is 10.5 Å². The fraction of sp³-hybridized carbons (Fsp3) is 0.435. The summed E-state index contributed by atoms with van der Waals surface area (Å²) in [6.45, 7) is 3.33. The zero-order valence-corrected chi connectivity index (χ0v) is 17.6. The fourth-order valence-electron chi connectivity index (χ4n) is 3.65. The first-order valence-electron chi connectivity index (χ1n) is 10.2. The van der Waals surface area contributed by atoms with E-state index in [-0.39, 0.29) is 11.3 Å². The Morgan fingerprint density at radius 1 is 1.06 bits per heavy atom. The van der Waals surface area contributed by atoms with Crippen LogP contribution in [0.15, 0.2) is 36.4 Å². The highest BCUT2D eigenvalue weighted by Gasteiger charge is 2.45. The zero-order chi connectivity index (χ0) is 22.7. The van der Waals surface area contributed by atoms with Gasteiger partial charge in [-0.2, -0.15) is 0 Å². The van der Waals surface area contributed by atoms with Crippen molar-refractivity contribution in [3.05, 3.63) is 64.2 Å². The Balaban J connectivity index is 1.95. The number of carbonyl (C=O) groups is 1. The second-order valence-corrected chi connectivity index (χ2v) is 7.80. The average molecular weight is 431 g/mol. The molecule has 0 unspecified atom stereocenters. The highest BCUT2D eigenvalue weighted by molar-refractivity contribution is 5.93. The first-order chi connectivity index (χ1) is 14.7. The number of hydrogen-bond donors (Lipinski definition) is 5. The lowest BCUT2D eigenvalue weighted by Crippen LogP contribution is -2.60. The lowest BCUT2D eigenvalue weighted by atomic mass is 9.96. The molecule has 1 fully saturated rings. The van der Waals surface area contributed by atoms with E-state index in [0.717, 1.165) is 23.1 Å². The Hall–Kier alpha value is -2.49. The number of aryl methyl sites for hydroxylation is 2. The van der Waals surface area contributed by atoms with Crippen LogP contribution in [-0.2, 0) is 17.6 Å². The summed E-state index contributed by atoms with van der Waals surface area (Å²) in [5.74, 6) is -0.377. The van der Waals surface area contributed by atoms with E-state index in [4.69, 9.17) is 15.2 Å². The fourth-order valence-corrected chi connectivity index (χ4v) is 3.65. The summed E-state index contributed by atoms with van der Waals surface area (Å²) < 4.78 is 11.3. The van der Waals surface area contributed by atoms with Crippen molar-refractivity contribution in [1.82, 2.24) is 0 Å². The quantitative estimate of drug-likeness (QED) is 0.428.